The summed E-state index contributed by atoms with van der Waals surface area (Å²) < 4.78 is 9.81. The van der Waals surface area contributed by atoms with Crippen molar-refractivity contribution in [3.63, 3.8) is 0 Å². The van der Waals surface area contributed by atoms with E-state index in [0.717, 1.165) is 0 Å². The molecule has 1 rings (SSSR count). The molecule has 6 nitrogen and oxygen atoms in total. The number of hydrogen-bond acceptors (Lipinski definition) is 6. The zero-order valence-electron chi connectivity index (χ0n) is 7.33. The molecule has 0 spiro atoms. The summed E-state index contributed by atoms with van der Waals surface area (Å²) in [7, 11) is 1.35. The lowest BCUT2D eigenvalue weighted by molar-refractivity contribution is -0.267. The largest absolute Gasteiger partial charge is 0.394 e. The monoisotopic (exact) mass is 193 g/mol. The van der Waals surface area contributed by atoms with Crippen LogP contribution in [-0.2, 0) is 9.47 Å². The fraction of sp³-hybridized carbons (Fsp3) is 1.00. The summed E-state index contributed by atoms with van der Waals surface area (Å²) in [6.07, 6.45) is -3.85. The van der Waals surface area contributed by atoms with Gasteiger partial charge in [0.05, 0.1) is 12.6 Å². The number of aliphatic hydroxyl groups is 3. The highest BCUT2D eigenvalue weighted by Gasteiger charge is 2.42. The zero-order chi connectivity index (χ0) is 10.0. The van der Waals surface area contributed by atoms with Crippen LogP contribution in [0.3, 0.4) is 0 Å². The molecule has 1 aliphatic rings. The first-order valence-corrected chi connectivity index (χ1v) is 4.02. The number of methoxy groups -OCH3 is 1. The molecule has 0 aromatic heterocycles. The minimum atomic E-state index is -1.08. The molecule has 0 aliphatic carbocycles. The summed E-state index contributed by atoms with van der Waals surface area (Å²) in [6.45, 7) is -0.360. The maximum Gasteiger partial charge on any atom is 0.185 e. The molecular formula is C7H15NO5. The van der Waals surface area contributed by atoms with Crippen molar-refractivity contribution in [2.24, 2.45) is 5.73 Å². The van der Waals surface area contributed by atoms with Crippen molar-refractivity contribution in [2.75, 3.05) is 13.7 Å². The van der Waals surface area contributed by atoms with Gasteiger partial charge in [0, 0.05) is 7.11 Å². The molecule has 1 fully saturated rings. The Hall–Kier alpha value is -0.240. The Bertz CT molecular complexity index is 147. The van der Waals surface area contributed by atoms with Crippen LogP contribution in [0.25, 0.3) is 0 Å². The smallest absolute Gasteiger partial charge is 0.185 e. The minimum Gasteiger partial charge on any atom is -0.394 e. The average Bonchev–Trinajstić information content (AvgIpc) is 2.15. The summed E-state index contributed by atoms with van der Waals surface area (Å²) >= 11 is 0. The fourth-order valence-corrected chi connectivity index (χ4v) is 1.31. The lowest BCUT2D eigenvalue weighted by Gasteiger charge is -2.39. The fourth-order valence-electron chi connectivity index (χ4n) is 1.31. The van der Waals surface area contributed by atoms with Crippen LogP contribution in [-0.4, -0.2) is 59.7 Å². The lowest BCUT2D eigenvalue weighted by Crippen LogP contribution is -2.62. The maximum absolute atomic E-state index is 9.40. The number of hydrogen-bond donors (Lipinski definition) is 4. The third-order valence-electron chi connectivity index (χ3n) is 2.17. The minimum absolute atomic E-state index is 0.360. The molecule has 1 heterocycles. The van der Waals surface area contributed by atoms with E-state index >= 15 is 0 Å². The second-order valence-corrected chi connectivity index (χ2v) is 3.02. The van der Waals surface area contributed by atoms with Crippen molar-refractivity contribution in [1.29, 1.82) is 0 Å². The van der Waals surface area contributed by atoms with Crippen molar-refractivity contribution < 1.29 is 24.8 Å². The molecule has 6 heteroatoms. The lowest BCUT2D eigenvalue weighted by atomic mass is 9.97. The van der Waals surface area contributed by atoms with Crippen molar-refractivity contribution >= 4 is 0 Å². The molecule has 0 bridgehead atoms. The second kappa shape index (κ2) is 4.32. The van der Waals surface area contributed by atoms with Gasteiger partial charge < -0.3 is 30.5 Å². The van der Waals surface area contributed by atoms with E-state index in [0.29, 0.717) is 0 Å². The van der Waals surface area contributed by atoms with Crippen LogP contribution in [0.2, 0.25) is 0 Å². The van der Waals surface area contributed by atoms with Crippen LogP contribution in [0, 0.1) is 0 Å². The third kappa shape index (κ3) is 1.98. The summed E-state index contributed by atoms with van der Waals surface area (Å²) in [5.41, 5.74) is 5.48. The van der Waals surface area contributed by atoms with Gasteiger partial charge in [-0.25, -0.2) is 0 Å². The first-order valence-electron chi connectivity index (χ1n) is 4.02. The molecule has 0 unspecified atom stereocenters. The topological polar surface area (TPSA) is 105 Å². The highest BCUT2D eigenvalue weighted by atomic mass is 16.7. The number of rotatable bonds is 2. The Morgan fingerprint density at radius 1 is 1.38 bits per heavy atom. The van der Waals surface area contributed by atoms with Gasteiger partial charge in [-0.05, 0) is 0 Å². The number of aliphatic hydroxyl groups excluding tert-OH is 3. The molecule has 13 heavy (non-hydrogen) atoms. The third-order valence-corrected chi connectivity index (χ3v) is 2.17. The quantitative estimate of drug-likeness (QED) is 0.383. The van der Waals surface area contributed by atoms with E-state index in [2.05, 4.69) is 0 Å². The molecule has 0 radical (unpaired) electrons. The molecule has 0 saturated carbocycles. The van der Waals surface area contributed by atoms with E-state index in [4.69, 9.17) is 20.3 Å². The average molecular weight is 193 g/mol. The normalized spacial score (nSPS) is 46.4. The van der Waals surface area contributed by atoms with Crippen LogP contribution in [0.15, 0.2) is 0 Å². The van der Waals surface area contributed by atoms with Gasteiger partial charge in [0.15, 0.2) is 6.29 Å². The van der Waals surface area contributed by atoms with E-state index in [9.17, 15) is 10.2 Å². The van der Waals surface area contributed by atoms with Crippen LogP contribution in [0.5, 0.6) is 0 Å². The van der Waals surface area contributed by atoms with Gasteiger partial charge in [-0.2, -0.15) is 0 Å². The van der Waals surface area contributed by atoms with E-state index in [-0.39, 0.29) is 6.61 Å². The van der Waals surface area contributed by atoms with E-state index < -0.39 is 30.6 Å². The molecule has 1 saturated heterocycles. The molecule has 1 aliphatic heterocycles. The number of ether oxygens (including phenoxy) is 2. The Labute approximate surface area is 75.9 Å². The van der Waals surface area contributed by atoms with Gasteiger partial charge in [0.25, 0.3) is 0 Å². The molecule has 0 aromatic rings. The SMILES string of the molecule is CO[C@@H]1O[C@H](CO)[C@@H](O)[C@H](N)[C@H]1O. The Morgan fingerprint density at radius 3 is 2.46 bits per heavy atom. The van der Waals surface area contributed by atoms with Crippen LogP contribution >= 0.6 is 0 Å². The Kier molecular flexibility index (Phi) is 3.60. The molecular weight excluding hydrogens is 178 g/mol. The van der Waals surface area contributed by atoms with Gasteiger partial charge in [-0.15, -0.1) is 0 Å². The van der Waals surface area contributed by atoms with Crippen molar-refractivity contribution in [3.8, 4) is 0 Å². The van der Waals surface area contributed by atoms with Gasteiger partial charge >= 0.3 is 0 Å². The predicted octanol–water partition coefficient (Wildman–Crippen LogP) is -2.60. The second-order valence-electron chi connectivity index (χ2n) is 3.02. The molecule has 0 amide bonds. The van der Waals surface area contributed by atoms with Crippen molar-refractivity contribution in [1.82, 2.24) is 0 Å². The Morgan fingerprint density at radius 2 is 2.00 bits per heavy atom. The first kappa shape index (κ1) is 10.8. The van der Waals surface area contributed by atoms with Gasteiger partial charge in [0.2, 0.25) is 0 Å². The van der Waals surface area contributed by atoms with Crippen LogP contribution in [0.1, 0.15) is 0 Å². The maximum atomic E-state index is 9.40. The van der Waals surface area contributed by atoms with Crippen LogP contribution in [0.4, 0.5) is 0 Å². The van der Waals surface area contributed by atoms with Crippen molar-refractivity contribution in [3.05, 3.63) is 0 Å². The predicted molar refractivity (Wildman–Crippen MR) is 42.7 cm³/mol. The first-order chi connectivity index (χ1) is 6.11. The highest BCUT2D eigenvalue weighted by molar-refractivity contribution is 4.91. The summed E-state index contributed by atoms with van der Waals surface area (Å²) in [5, 5.41) is 27.6. The van der Waals surface area contributed by atoms with Crippen molar-refractivity contribution in [2.45, 2.75) is 30.6 Å². The van der Waals surface area contributed by atoms with Gasteiger partial charge in [-0.3, -0.25) is 0 Å². The molecule has 78 valence electrons. The van der Waals surface area contributed by atoms with E-state index in [1.165, 1.54) is 7.11 Å². The molecule has 5 atom stereocenters. The van der Waals surface area contributed by atoms with Crippen LogP contribution < -0.4 is 5.73 Å². The summed E-state index contributed by atoms with van der Waals surface area (Å²) in [5.74, 6) is 0. The standard InChI is InChI=1S/C7H15NO5/c1-12-7-6(11)4(8)5(10)3(2-9)13-7/h3-7,9-11H,2,8H2,1H3/t3-,4+,5-,6-,7-/m1/s1. The zero-order valence-corrected chi connectivity index (χ0v) is 7.33. The van der Waals surface area contributed by atoms with E-state index in [1.54, 1.807) is 0 Å². The number of nitrogens with two attached hydrogens (primary N) is 1. The van der Waals surface area contributed by atoms with Gasteiger partial charge in [-0.1, -0.05) is 0 Å². The van der Waals surface area contributed by atoms with E-state index in [1.807, 2.05) is 0 Å². The summed E-state index contributed by atoms with van der Waals surface area (Å²) in [6, 6.07) is -0.865. The molecule has 5 N–H and O–H groups in total. The molecule has 0 aromatic carbocycles. The van der Waals surface area contributed by atoms with Gasteiger partial charge in [0.1, 0.15) is 18.3 Å². The Balaban J connectivity index is 2.66. The highest BCUT2D eigenvalue weighted by Crippen LogP contribution is 2.19. The summed E-state index contributed by atoms with van der Waals surface area (Å²) in [4.78, 5) is 0.